The summed E-state index contributed by atoms with van der Waals surface area (Å²) in [5.41, 5.74) is 1.52. The van der Waals surface area contributed by atoms with Crippen molar-refractivity contribution in [2.24, 2.45) is 11.8 Å². The Morgan fingerprint density at radius 1 is 1.28 bits per heavy atom. The van der Waals surface area contributed by atoms with Crippen LogP contribution in [-0.2, 0) is 11.3 Å². The van der Waals surface area contributed by atoms with Crippen molar-refractivity contribution < 1.29 is 19.4 Å². The van der Waals surface area contributed by atoms with Gasteiger partial charge >= 0.3 is 5.97 Å². The molecule has 1 aromatic heterocycles. The van der Waals surface area contributed by atoms with Crippen molar-refractivity contribution in [2.45, 2.75) is 13.5 Å². The van der Waals surface area contributed by atoms with Gasteiger partial charge in [-0.3, -0.25) is 14.3 Å². The van der Waals surface area contributed by atoms with Crippen LogP contribution in [0, 0.1) is 11.8 Å². The fourth-order valence-corrected chi connectivity index (χ4v) is 3.12. The molecule has 7 nitrogen and oxygen atoms in total. The zero-order chi connectivity index (χ0) is 18.0. The second kappa shape index (κ2) is 6.96. The van der Waals surface area contributed by atoms with Crippen molar-refractivity contribution in [3.8, 4) is 5.75 Å². The number of hydrogen-bond donors (Lipinski definition) is 1. The van der Waals surface area contributed by atoms with Crippen LogP contribution >= 0.6 is 0 Å². The summed E-state index contributed by atoms with van der Waals surface area (Å²) in [5.74, 6) is -0.778. The lowest BCUT2D eigenvalue weighted by Gasteiger charge is -2.14. The van der Waals surface area contributed by atoms with E-state index in [4.69, 9.17) is 4.74 Å². The molecule has 1 N–H and O–H groups in total. The molecule has 0 bridgehead atoms. The number of likely N-dealkylation sites (tertiary alicyclic amines) is 1. The van der Waals surface area contributed by atoms with Gasteiger partial charge in [-0.15, -0.1) is 0 Å². The van der Waals surface area contributed by atoms with E-state index in [0.29, 0.717) is 18.7 Å². The fraction of sp³-hybridized carbons (Fsp3) is 0.389. The van der Waals surface area contributed by atoms with E-state index in [9.17, 15) is 14.7 Å². The number of ether oxygens (including phenoxy) is 1. The molecule has 1 aliphatic heterocycles. The molecule has 1 saturated heterocycles. The van der Waals surface area contributed by atoms with Gasteiger partial charge in [-0.1, -0.05) is 19.1 Å². The molecule has 7 heteroatoms. The third kappa shape index (κ3) is 3.65. The quantitative estimate of drug-likeness (QED) is 0.894. The summed E-state index contributed by atoms with van der Waals surface area (Å²) in [4.78, 5) is 25.4. The Balaban J connectivity index is 1.66. The molecule has 2 heterocycles. The Bertz CT molecular complexity index is 769. The Labute approximate surface area is 145 Å². The monoisotopic (exact) mass is 343 g/mol. The Kier molecular flexibility index (Phi) is 4.74. The van der Waals surface area contributed by atoms with Gasteiger partial charge in [0.25, 0.3) is 5.91 Å². The van der Waals surface area contributed by atoms with E-state index in [0.717, 1.165) is 11.3 Å². The topological polar surface area (TPSA) is 84.7 Å². The lowest BCUT2D eigenvalue weighted by molar-refractivity contribution is -0.142. The number of benzene rings is 1. The molecule has 25 heavy (non-hydrogen) atoms. The molecule has 0 spiro atoms. The van der Waals surface area contributed by atoms with Gasteiger partial charge in [-0.25, -0.2) is 0 Å². The highest BCUT2D eigenvalue weighted by Gasteiger charge is 2.37. The van der Waals surface area contributed by atoms with Gasteiger partial charge in [-0.05, 0) is 23.6 Å². The van der Waals surface area contributed by atoms with Crippen LogP contribution in [0.2, 0.25) is 0 Å². The molecule has 1 amide bonds. The first-order valence-corrected chi connectivity index (χ1v) is 8.15. The van der Waals surface area contributed by atoms with E-state index in [1.54, 1.807) is 22.9 Å². The molecule has 2 aromatic rings. The molecule has 132 valence electrons. The van der Waals surface area contributed by atoms with Crippen LogP contribution < -0.4 is 4.74 Å². The molecular weight excluding hydrogens is 322 g/mol. The van der Waals surface area contributed by atoms with Crippen molar-refractivity contribution in [1.29, 1.82) is 0 Å². The van der Waals surface area contributed by atoms with Crippen molar-refractivity contribution in [3.63, 3.8) is 0 Å². The standard InChI is InChI=1S/C18H21N3O4/c1-12-8-20(11-16(12)18(23)24)17(22)14-7-19-21(10-14)9-13-3-5-15(25-2)6-4-13/h3-7,10,12,16H,8-9,11H2,1-2H3,(H,23,24)/t12-,16-/m1/s1. The van der Waals surface area contributed by atoms with Gasteiger partial charge in [0.05, 0.1) is 31.3 Å². The van der Waals surface area contributed by atoms with Gasteiger partial charge in [-0.2, -0.15) is 5.10 Å². The summed E-state index contributed by atoms with van der Waals surface area (Å²) < 4.78 is 6.83. The normalized spacial score (nSPS) is 19.8. The Hall–Kier alpha value is -2.83. The minimum atomic E-state index is -0.849. The van der Waals surface area contributed by atoms with Crippen LogP contribution in [0.1, 0.15) is 22.8 Å². The molecular formula is C18H21N3O4. The number of carbonyl (C=O) groups is 2. The number of carboxylic acid groups (broad SMARTS) is 1. The van der Waals surface area contributed by atoms with E-state index in [1.165, 1.54) is 6.20 Å². The number of aliphatic carboxylic acids is 1. The van der Waals surface area contributed by atoms with Gasteiger partial charge in [0.1, 0.15) is 5.75 Å². The smallest absolute Gasteiger partial charge is 0.308 e. The molecule has 0 unspecified atom stereocenters. The minimum Gasteiger partial charge on any atom is -0.497 e. The van der Waals surface area contributed by atoms with Crippen LogP contribution in [0.5, 0.6) is 5.75 Å². The highest BCUT2D eigenvalue weighted by molar-refractivity contribution is 5.94. The van der Waals surface area contributed by atoms with Crippen molar-refractivity contribution >= 4 is 11.9 Å². The van der Waals surface area contributed by atoms with Gasteiger partial charge in [0.2, 0.25) is 0 Å². The van der Waals surface area contributed by atoms with Crippen molar-refractivity contribution in [1.82, 2.24) is 14.7 Å². The molecule has 1 aliphatic rings. The number of nitrogens with zero attached hydrogens (tertiary/aromatic N) is 3. The number of rotatable bonds is 5. The van der Waals surface area contributed by atoms with Gasteiger partial charge in [0.15, 0.2) is 0 Å². The second-order valence-electron chi connectivity index (χ2n) is 6.41. The van der Waals surface area contributed by atoms with Crippen LogP contribution in [-0.4, -0.2) is 51.9 Å². The van der Waals surface area contributed by atoms with E-state index < -0.39 is 11.9 Å². The highest BCUT2D eigenvalue weighted by atomic mass is 16.5. The highest BCUT2D eigenvalue weighted by Crippen LogP contribution is 2.24. The van der Waals surface area contributed by atoms with Gasteiger partial charge < -0.3 is 14.7 Å². The SMILES string of the molecule is COc1ccc(Cn2cc(C(=O)N3C[C@@H](C)[C@H](C(=O)O)C3)cn2)cc1. The summed E-state index contributed by atoms with van der Waals surface area (Å²) >= 11 is 0. The summed E-state index contributed by atoms with van der Waals surface area (Å²) in [6.07, 6.45) is 3.23. The Morgan fingerprint density at radius 2 is 2.00 bits per heavy atom. The number of carbonyl (C=O) groups excluding carboxylic acids is 1. The first-order valence-electron chi connectivity index (χ1n) is 8.15. The van der Waals surface area contributed by atoms with Crippen LogP contribution in [0.3, 0.4) is 0 Å². The number of aromatic nitrogens is 2. The predicted molar refractivity (Wildman–Crippen MR) is 90.5 cm³/mol. The van der Waals surface area contributed by atoms with Crippen LogP contribution in [0.25, 0.3) is 0 Å². The third-order valence-corrected chi connectivity index (χ3v) is 4.60. The number of amides is 1. The summed E-state index contributed by atoms with van der Waals surface area (Å²) in [6.45, 7) is 3.11. The molecule has 0 radical (unpaired) electrons. The first-order chi connectivity index (χ1) is 12.0. The summed E-state index contributed by atoms with van der Waals surface area (Å²) in [7, 11) is 1.62. The molecule has 0 saturated carbocycles. The maximum absolute atomic E-state index is 12.6. The van der Waals surface area contributed by atoms with E-state index >= 15 is 0 Å². The number of methoxy groups -OCH3 is 1. The third-order valence-electron chi connectivity index (χ3n) is 4.60. The molecule has 1 aromatic carbocycles. The predicted octanol–water partition coefficient (Wildman–Crippen LogP) is 1.73. The maximum Gasteiger partial charge on any atom is 0.308 e. The average Bonchev–Trinajstić information content (AvgIpc) is 3.21. The molecule has 0 aliphatic carbocycles. The van der Waals surface area contributed by atoms with Crippen molar-refractivity contribution in [2.75, 3.05) is 20.2 Å². The maximum atomic E-state index is 12.6. The minimum absolute atomic E-state index is 0.0456. The van der Waals surface area contributed by atoms with E-state index in [1.807, 2.05) is 31.2 Å². The van der Waals surface area contributed by atoms with Gasteiger partial charge in [0, 0.05) is 19.3 Å². The molecule has 1 fully saturated rings. The molecule has 2 atom stereocenters. The fourth-order valence-electron chi connectivity index (χ4n) is 3.12. The van der Waals surface area contributed by atoms with Crippen LogP contribution in [0.4, 0.5) is 0 Å². The first kappa shape index (κ1) is 17.0. The lowest BCUT2D eigenvalue weighted by atomic mass is 9.99. The Morgan fingerprint density at radius 3 is 2.60 bits per heavy atom. The van der Waals surface area contributed by atoms with E-state index in [2.05, 4.69) is 5.10 Å². The van der Waals surface area contributed by atoms with Crippen LogP contribution in [0.15, 0.2) is 36.7 Å². The number of hydrogen-bond acceptors (Lipinski definition) is 4. The lowest BCUT2D eigenvalue weighted by Crippen LogP contribution is -2.29. The van der Waals surface area contributed by atoms with E-state index in [-0.39, 0.29) is 18.4 Å². The summed E-state index contributed by atoms with van der Waals surface area (Å²) in [6, 6.07) is 7.65. The zero-order valence-corrected chi connectivity index (χ0v) is 14.3. The number of carboxylic acids is 1. The average molecular weight is 343 g/mol. The summed E-state index contributed by atoms with van der Waals surface area (Å²) in [5, 5.41) is 13.4. The zero-order valence-electron chi connectivity index (χ0n) is 14.3. The second-order valence-corrected chi connectivity index (χ2v) is 6.41. The molecule has 3 rings (SSSR count). The largest absolute Gasteiger partial charge is 0.497 e. The van der Waals surface area contributed by atoms with Crippen molar-refractivity contribution in [3.05, 3.63) is 47.8 Å².